The van der Waals surface area contributed by atoms with Crippen molar-refractivity contribution < 1.29 is 9.90 Å². The summed E-state index contributed by atoms with van der Waals surface area (Å²) in [4.78, 5) is 20.1. The Bertz CT molecular complexity index is 482. The van der Waals surface area contributed by atoms with Crippen molar-refractivity contribution in [3.8, 4) is 0 Å². The number of carboxylic acids is 1. The average molecular weight is 250 g/mol. The molecule has 2 fully saturated rings. The van der Waals surface area contributed by atoms with E-state index in [4.69, 9.17) is 0 Å². The molecule has 3 rings (SSSR count). The lowest BCUT2D eigenvalue weighted by Gasteiger charge is -2.09. The van der Waals surface area contributed by atoms with Gasteiger partial charge in [-0.1, -0.05) is 0 Å². The molecule has 5 heteroatoms. The molecule has 1 aromatic heterocycles. The molecule has 1 aromatic rings. The minimum absolute atomic E-state index is 0.298. The number of aromatic nitrogens is 2. The summed E-state index contributed by atoms with van der Waals surface area (Å²) in [6, 6.07) is 0. The van der Waals surface area contributed by atoms with Crippen LogP contribution < -0.4 is 0 Å². The second-order valence-corrected chi connectivity index (χ2v) is 6.03. The highest BCUT2D eigenvalue weighted by molar-refractivity contribution is 8.00. The van der Waals surface area contributed by atoms with Gasteiger partial charge in [0.25, 0.3) is 0 Å². The quantitative estimate of drug-likeness (QED) is 0.832. The third kappa shape index (κ3) is 2.29. The molecule has 0 unspecified atom stereocenters. The van der Waals surface area contributed by atoms with Crippen molar-refractivity contribution in [2.24, 2.45) is 0 Å². The Kier molecular flexibility index (Phi) is 2.58. The normalized spacial score (nSPS) is 19.4. The van der Waals surface area contributed by atoms with Crippen LogP contribution in [0.2, 0.25) is 0 Å². The van der Waals surface area contributed by atoms with E-state index in [2.05, 4.69) is 9.97 Å². The fraction of sp³-hybridized carbons (Fsp3) is 0.583. The summed E-state index contributed by atoms with van der Waals surface area (Å²) in [5.74, 6) is 0.402. The van der Waals surface area contributed by atoms with E-state index >= 15 is 0 Å². The number of rotatable bonds is 4. The number of aryl methyl sites for hydroxylation is 1. The van der Waals surface area contributed by atoms with E-state index in [1.165, 1.54) is 12.8 Å². The summed E-state index contributed by atoms with van der Waals surface area (Å²) < 4.78 is 0. The molecule has 1 N–H and O–H groups in total. The summed E-state index contributed by atoms with van der Waals surface area (Å²) in [5, 5.41) is 10.5. The highest BCUT2D eigenvalue weighted by Crippen LogP contribution is 2.43. The van der Waals surface area contributed by atoms with Gasteiger partial charge in [-0.3, -0.25) is 0 Å². The molecule has 1 heterocycles. The molecule has 0 amide bonds. The van der Waals surface area contributed by atoms with Crippen LogP contribution in [0.25, 0.3) is 0 Å². The van der Waals surface area contributed by atoms with Crippen LogP contribution in [-0.2, 0) is 0 Å². The molecule has 17 heavy (non-hydrogen) atoms. The largest absolute Gasteiger partial charge is 0.478 e. The fourth-order valence-electron chi connectivity index (χ4n) is 1.77. The van der Waals surface area contributed by atoms with Gasteiger partial charge >= 0.3 is 5.97 Å². The first-order chi connectivity index (χ1) is 8.15. The summed E-state index contributed by atoms with van der Waals surface area (Å²) >= 11 is 1.61. The third-order valence-electron chi connectivity index (χ3n) is 3.03. The van der Waals surface area contributed by atoms with E-state index < -0.39 is 5.97 Å². The van der Waals surface area contributed by atoms with Gasteiger partial charge in [0.1, 0.15) is 16.4 Å². The van der Waals surface area contributed by atoms with Gasteiger partial charge in [-0.2, -0.15) is 0 Å². The summed E-state index contributed by atoms with van der Waals surface area (Å²) in [6.45, 7) is 1.77. The van der Waals surface area contributed by atoms with Crippen molar-refractivity contribution in [1.82, 2.24) is 9.97 Å². The molecule has 2 aliphatic carbocycles. The average Bonchev–Trinajstić information content (AvgIpc) is 3.12. The van der Waals surface area contributed by atoms with Gasteiger partial charge in [-0.25, -0.2) is 14.8 Å². The summed E-state index contributed by atoms with van der Waals surface area (Å²) in [5.41, 5.74) is 0.906. The number of carboxylic acid groups (broad SMARTS) is 1. The van der Waals surface area contributed by atoms with Crippen molar-refractivity contribution in [1.29, 1.82) is 0 Å². The van der Waals surface area contributed by atoms with Gasteiger partial charge in [0, 0.05) is 11.2 Å². The molecule has 0 radical (unpaired) electrons. The van der Waals surface area contributed by atoms with E-state index in [-0.39, 0.29) is 0 Å². The van der Waals surface area contributed by atoms with Gasteiger partial charge in [0.05, 0.1) is 5.69 Å². The van der Waals surface area contributed by atoms with Crippen LogP contribution in [0.3, 0.4) is 0 Å². The smallest absolute Gasteiger partial charge is 0.340 e. The Labute approximate surface area is 104 Å². The Hall–Kier alpha value is -1.10. The highest BCUT2D eigenvalue weighted by Gasteiger charge is 2.31. The second-order valence-electron chi connectivity index (χ2n) is 4.74. The van der Waals surface area contributed by atoms with E-state index in [1.54, 1.807) is 18.7 Å². The van der Waals surface area contributed by atoms with Crippen molar-refractivity contribution in [2.75, 3.05) is 0 Å². The molecule has 0 aromatic carbocycles. The van der Waals surface area contributed by atoms with Crippen molar-refractivity contribution in [3.05, 3.63) is 17.1 Å². The van der Waals surface area contributed by atoms with Crippen LogP contribution in [0.1, 0.15) is 53.5 Å². The molecule has 0 saturated heterocycles. The first-order valence-corrected chi connectivity index (χ1v) is 6.81. The molecule has 2 saturated carbocycles. The minimum Gasteiger partial charge on any atom is -0.478 e. The number of nitrogens with zero attached hydrogens (tertiary/aromatic N) is 2. The predicted molar refractivity (Wildman–Crippen MR) is 64.6 cm³/mol. The minimum atomic E-state index is -0.909. The molecule has 90 valence electrons. The van der Waals surface area contributed by atoms with Crippen LogP contribution >= 0.6 is 11.8 Å². The van der Waals surface area contributed by atoms with Gasteiger partial charge in [-0.05, 0) is 32.6 Å². The molecule has 0 aliphatic heterocycles. The Balaban J connectivity index is 2.01. The number of thioether (sulfide) groups is 1. The highest BCUT2D eigenvalue weighted by atomic mass is 32.2. The lowest BCUT2D eigenvalue weighted by atomic mass is 10.2. The molecule has 0 atom stereocenters. The zero-order valence-corrected chi connectivity index (χ0v) is 10.5. The monoisotopic (exact) mass is 250 g/mol. The van der Waals surface area contributed by atoms with Crippen molar-refractivity contribution in [2.45, 2.75) is 48.8 Å². The van der Waals surface area contributed by atoms with Crippen LogP contribution in [0.5, 0.6) is 0 Å². The van der Waals surface area contributed by atoms with E-state index in [1.807, 2.05) is 0 Å². The van der Waals surface area contributed by atoms with Crippen LogP contribution in [0, 0.1) is 6.92 Å². The molecule has 0 spiro atoms. The predicted octanol–water partition coefficient (Wildman–Crippen LogP) is 2.62. The maximum absolute atomic E-state index is 11.2. The van der Waals surface area contributed by atoms with Crippen molar-refractivity contribution >= 4 is 17.7 Å². The topological polar surface area (TPSA) is 63.1 Å². The second kappa shape index (κ2) is 3.98. The molecule has 2 aliphatic rings. The standard InChI is InChI=1S/C12H14N2O2S/c1-6-9(12(15)16)11(17-8-4-5-8)14-10(13-6)7-2-3-7/h7-8H,2-5H2,1H3,(H,15,16). The number of hydrogen-bond acceptors (Lipinski definition) is 4. The van der Waals surface area contributed by atoms with Crippen LogP contribution in [0.4, 0.5) is 0 Å². The molecule has 0 bridgehead atoms. The molecular weight excluding hydrogens is 236 g/mol. The Morgan fingerprint density at radius 3 is 2.53 bits per heavy atom. The Morgan fingerprint density at radius 2 is 2.00 bits per heavy atom. The fourth-order valence-corrected chi connectivity index (χ4v) is 2.95. The summed E-state index contributed by atoms with van der Waals surface area (Å²) in [6.07, 6.45) is 4.62. The maximum atomic E-state index is 11.2. The van der Waals surface area contributed by atoms with E-state index in [9.17, 15) is 9.90 Å². The SMILES string of the molecule is Cc1nc(C2CC2)nc(SC2CC2)c1C(=O)O. The zero-order chi connectivity index (χ0) is 12.0. The number of aromatic carboxylic acids is 1. The first-order valence-electron chi connectivity index (χ1n) is 5.93. The Morgan fingerprint density at radius 1 is 1.29 bits per heavy atom. The first kappa shape index (κ1) is 11.0. The zero-order valence-electron chi connectivity index (χ0n) is 9.64. The number of carbonyl (C=O) groups is 1. The third-order valence-corrected chi connectivity index (χ3v) is 4.36. The van der Waals surface area contributed by atoms with Gasteiger partial charge < -0.3 is 5.11 Å². The molecule has 4 nitrogen and oxygen atoms in total. The van der Waals surface area contributed by atoms with Crippen LogP contribution in [0.15, 0.2) is 5.03 Å². The number of hydrogen-bond donors (Lipinski definition) is 1. The lowest BCUT2D eigenvalue weighted by molar-refractivity contribution is 0.0690. The van der Waals surface area contributed by atoms with E-state index in [0.717, 1.165) is 18.7 Å². The van der Waals surface area contributed by atoms with Crippen molar-refractivity contribution in [3.63, 3.8) is 0 Å². The lowest BCUT2D eigenvalue weighted by Crippen LogP contribution is -2.09. The van der Waals surface area contributed by atoms with E-state index in [0.29, 0.717) is 27.5 Å². The molecular formula is C12H14N2O2S. The summed E-state index contributed by atoms with van der Waals surface area (Å²) in [7, 11) is 0. The maximum Gasteiger partial charge on any atom is 0.340 e. The van der Waals surface area contributed by atoms with Crippen LogP contribution in [-0.4, -0.2) is 26.3 Å². The van der Waals surface area contributed by atoms with Gasteiger partial charge in [0.15, 0.2) is 0 Å². The van der Waals surface area contributed by atoms with Gasteiger partial charge in [-0.15, -0.1) is 11.8 Å². The van der Waals surface area contributed by atoms with Gasteiger partial charge in [0.2, 0.25) is 0 Å².